The van der Waals surface area contributed by atoms with E-state index < -0.39 is 12.0 Å². The molecule has 0 amide bonds. The molecule has 0 N–H and O–H groups in total. The number of rotatable bonds is 0. The first-order valence-electron chi connectivity index (χ1n) is 2.67. The zero-order valence-corrected chi connectivity index (χ0v) is 6.19. The van der Waals surface area contributed by atoms with Crippen LogP contribution in [0.25, 0.3) is 0 Å². The van der Waals surface area contributed by atoms with Gasteiger partial charge in [-0.3, -0.25) is 0 Å². The van der Waals surface area contributed by atoms with Crippen LogP contribution >= 0.6 is 11.6 Å². The zero-order chi connectivity index (χ0) is 9.35. The predicted molar refractivity (Wildman–Crippen MR) is 33.2 cm³/mol. The topological polar surface area (TPSA) is 41.6 Å². The van der Waals surface area contributed by atoms with Gasteiger partial charge in [-0.25, -0.2) is 0 Å². The Morgan fingerprint density at radius 2 is 2.17 bits per heavy atom. The van der Waals surface area contributed by atoms with Crippen LogP contribution in [-0.4, -0.2) is 9.78 Å². The number of nitrogens with zero attached hydrogens (tertiary/aromatic N) is 3. The minimum Gasteiger partial charge on any atom is -0.191 e. The van der Waals surface area contributed by atoms with Gasteiger partial charge in [0.2, 0.25) is 0 Å². The molecule has 0 bridgehead atoms. The Balaban J connectivity index is 3.28. The molecule has 0 radical (unpaired) electrons. The van der Waals surface area contributed by atoms with E-state index in [0.717, 1.165) is 6.20 Å². The smallest absolute Gasteiger partial charge is 0.191 e. The van der Waals surface area contributed by atoms with Crippen molar-refractivity contribution in [2.24, 2.45) is 0 Å². The maximum absolute atomic E-state index is 11.9. The van der Waals surface area contributed by atoms with Crippen LogP contribution in [0.2, 0.25) is 5.02 Å². The molecule has 12 heavy (non-hydrogen) atoms. The number of hydrogen-bond donors (Lipinski definition) is 0. The molecule has 0 fully saturated rings. The van der Waals surface area contributed by atoms with Crippen LogP contribution in [0.3, 0.4) is 0 Å². The lowest BCUT2D eigenvalue weighted by molar-refractivity contribution is -0.212. The summed E-state index contributed by atoms with van der Waals surface area (Å²) in [5, 5.41) is 10.8. The Kier molecular flexibility index (Phi) is 1.98. The minimum atomic E-state index is -4.70. The van der Waals surface area contributed by atoms with Gasteiger partial charge in [0.05, 0.1) is 11.2 Å². The fraction of sp³-hybridized carbons (Fsp3) is 0.200. The molecule has 1 aromatic rings. The first kappa shape index (κ1) is 8.87. The van der Waals surface area contributed by atoms with Crippen LogP contribution < -0.4 is 0 Å². The highest BCUT2D eigenvalue weighted by Crippen LogP contribution is 2.26. The molecular formula is C5HClF3N3. The van der Waals surface area contributed by atoms with Crippen LogP contribution in [-0.2, 0) is 6.30 Å². The number of nitriles is 1. The fourth-order valence-corrected chi connectivity index (χ4v) is 0.787. The van der Waals surface area contributed by atoms with Crippen LogP contribution in [0.15, 0.2) is 6.20 Å². The molecule has 0 aliphatic heterocycles. The molecule has 1 heterocycles. The Labute approximate surface area is 70.0 Å². The van der Waals surface area contributed by atoms with Gasteiger partial charge in [-0.05, 0) is 0 Å². The van der Waals surface area contributed by atoms with Crippen LogP contribution in [0, 0.1) is 11.3 Å². The average molecular weight is 196 g/mol. The van der Waals surface area contributed by atoms with Crippen molar-refractivity contribution in [3.8, 4) is 6.07 Å². The van der Waals surface area contributed by atoms with Crippen molar-refractivity contribution < 1.29 is 13.2 Å². The number of aromatic nitrogens is 2. The van der Waals surface area contributed by atoms with Gasteiger partial charge >= 0.3 is 6.30 Å². The van der Waals surface area contributed by atoms with E-state index in [1.165, 1.54) is 6.07 Å². The highest BCUT2D eigenvalue weighted by atomic mass is 35.5. The Morgan fingerprint density at radius 1 is 1.58 bits per heavy atom. The summed E-state index contributed by atoms with van der Waals surface area (Å²) in [6, 6.07) is 1.30. The summed E-state index contributed by atoms with van der Waals surface area (Å²) in [5.41, 5.74) is -0.704. The lowest BCUT2D eigenvalue weighted by atomic mass is 10.5. The maximum atomic E-state index is 11.9. The zero-order valence-electron chi connectivity index (χ0n) is 5.43. The quantitative estimate of drug-likeness (QED) is 0.634. The van der Waals surface area contributed by atoms with Gasteiger partial charge in [0.15, 0.2) is 5.69 Å². The summed E-state index contributed by atoms with van der Waals surface area (Å²) in [6.07, 6.45) is -3.92. The van der Waals surface area contributed by atoms with Gasteiger partial charge in [0.25, 0.3) is 0 Å². The molecule has 1 rings (SSSR count). The number of halogens is 4. The standard InChI is InChI=1S/C5HClF3N3/c6-3-2-11-12(4(3)1-10)5(7,8)9/h2H. The first-order chi connectivity index (χ1) is 5.46. The van der Waals surface area contributed by atoms with E-state index in [4.69, 9.17) is 16.9 Å². The average Bonchev–Trinajstić information content (AvgIpc) is 2.29. The Hall–Kier alpha value is -1.22. The Morgan fingerprint density at radius 3 is 2.50 bits per heavy atom. The third-order valence-corrected chi connectivity index (χ3v) is 1.35. The first-order valence-corrected chi connectivity index (χ1v) is 3.05. The van der Waals surface area contributed by atoms with Crippen molar-refractivity contribution in [1.82, 2.24) is 9.78 Å². The molecule has 0 atom stereocenters. The highest BCUT2D eigenvalue weighted by molar-refractivity contribution is 6.31. The van der Waals surface area contributed by atoms with Crippen molar-refractivity contribution in [3.05, 3.63) is 16.9 Å². The molecule has 3 nitrogen and oxygen atoms in total. The minimum absolute atomic E-state index is 0.310. The fourth-order valence-electron chi connectivity index (χ4n) is 0.621. The Bertz CT molecular complexity index is 335. The van der Waals surface area contributed by atoms with Crippen LogP contribution in [0.5, 0.6) is 0 Å². The van der Waals surface area contributed by atoms with Crippen molar-refractivity contribution in [3.63, 3.8) is 0 Å². The van der Waals surface area contributed by atoms with E-state index in [-0.39, 0.29) is 9.70 Å². The van der Waals surface area contributed by atoms with E-state index >= 15 is 0 Å². The summed E-state index contributed by atoms with van der Waals surface area (Å²) < 4.78 is 35.4. The summed E-state index contributed by atoms with van der Waals surface area (Å²) in [5.74, 6) is 0. The molecular weight excluding hydrogens is 195 g/mol. The molecule has 64 valence electrons. The van der Waals surface area contributed by atoms with E-state index in [1.54, 1.807) is 0 Å². The molecule has 0 spiro atoms. The largest absolute Gasteiger partial charge is 0.505 e. The summed E-state index contributed by atoms with van der Waals surface area (Å²) in [4.78, 5) is 0. The third kappa shape index (κ3) is 1.36. The van der Waals surface area contributed by atoms with E-state index in [2.05, 4.69) is 5.10 Å². The SMILES string of the molecule is N#Cc1c(Cl)cnn1C(F)(F)F. The van der Waals surface area contributed by atoms with Crippen LogP contribution in [0.4, 0.5) is 13.2 Å². The number of alkyl halides is 3. The second kappa shape index (κ2) is 2.68. The van der Waals surface area contributed by atoms with Gasteiger partial charge in [-0.2, -0.15) is 15.0 Å². The van der Waals surface area contributed by atoms with E-state index in [1.807, 2.05) is 0 Å². The lowest BCUT2D eigenvalue weighted by Gasteiger charge is -2.05. The molecule has 0 unspecified atom stereocenters. The van der Waals surface area contributed by atoms with Crippen LogP contribution in [0.1, 0.15) is 5.69 Å². The molecule has 0 saturated carbocycles. The lowest BCUT2D eigenvalue weighted by Crippen LogP contribution is -2.19. The summed E-state index contributed by atoms with van der Waals surface area (Å²) in [6.45, 7) is 0. The number of hydrogen-bond acceptors (Lipinski definition) is 2. The van der Waals surface area contributed by atoms with Gasteiger partial charge in [0, 0.05) is 0 Å². The summed E-state index contributed by atoms with van der Waals surface area (Å²) >= 11 is 5.25. The van der Waals surface area contributed by atoms with E-state index in [0.29, 0.717) is 0 Å². The summed E-state index contributed by atoms with van der Waals surface area (Å²) in [7, 11) is 0. The van der Waals surface area contributed by atoms with Crippen molar-refractivity contribution in [2.45, 2.75) is 6.30 Å². The predicted octanol–water partition coefficient (Wildman–Crippen LogP) is 1.88. The molecule has 0 aliphatic rings. The van der Waals surface area contributed by atoms with Crippen molar-refractivity contribution >= 4 is 11.6 Å². The van der Waals surface area contributed by atoms with E-state index in [9.17, 15) is 13.2 Å². The molecule has 0 aromatic carbocycles. The highest BCUT2D eigenvalue weighted by Gasteiger charge is 2.35. The second-order valence-corrected chi connectivity index (χ2v) is 2.24. The normalized spacial score (nSPS) is 11.2. The monoisotopic (exact) mass is 195 g/mol. The third-order valence-electron chi connectivity index (χ3n) is 1.07. The molecule has 0 saturated heterocycles. The molecule has 7 heteroatoms. The second-order valence-electron chi connectivity index (χ2n) is 1.83. The molecule has 1 aromatic heterocycles. The van der Waals surface area contributed by atoms with Crippen molar-refractivity contribution in [1.29, 1.82) is 5.26 Å². The van der Waals surface area contributed by atoms with Gasteiger partial charge in [-0.1, -0.05) is 11.6 Å². The van der Waals surface area contributed by atoms with Crippen molar-refractivity contribution in [2.75, 3.05) is 0 Å². The van der Waals surface area contributed by atoms with Gasteiger partial charge in [-0.15, -0.1) is 13.2 Å². The van der Waals surface area contributed by atoms with Gasteiger partial charge in [0.1, 0.15) is 6.07 Å². The molecule has 0 aliphatic carbocycles. The van der Waals surface area contributed by atoms with Gasteiger partial charge < -0.3 is 0 Å². The maximum Gasteiger partial charge on any atom is 0.505 e.